The van der Waals surface area contributed by atoms with Gasteiger partial charge in [0.2, 0.25) is 5.91 Å². The van der Waals surface area contributed by atoms with Crippen LogP contribution in [0.5, 0.6) is 0 Å². The van der Waals surface area contributed by atoms with Gasteiger partial charge in [-0.1, -0.05) is 0 Å². The third kappa shape index (κ3) is 7.19. The van der Waals surface area contributed by atoms with Crippen LogP contribution in [-0.4, -0.2) is 77.3 Å². The zero-order valence-electron chi connectivity index (χ0n) is 18.3. The molecule has 0 bridgehead atoms. The number of hydrogen-bond acceptors (Lipinski definition) is 8. The molecule has 2 atom stereocenters. The molecule has 1 rings (SSSR count). The molecule has 0 radical (unpaired) electrons. The van der Waals surface area contributed by atoms with E-state index in [9.17, 15) is 19.2 Å². The van der Waals surface area contributed by atoms with Gasteiger partial charge in [0, 0.05) is 12.6 Å². The van der Waals surface area contributed by atoms with E-state index in [4.69, 9.17) is 19.9 Å². The molecule has 1 aliphatic rings. The van der Waals surface area contributed by atoms with Crippen molar-refractivity contribution in [3.05, 3.63) is 0 Å². The molecule has 1 heterocycles. The second-order valence-corrected chi connectivity index (χ2v) is 8.84. The van der Waals surface area contributed by atoms with Gasteiger partial charge in [-0.15, -0.1) is 0 Å². The molecule has 1 fully saturated rings. The van der Waals surface area contributed by atoms with Crippen molar-refractivity contribution in [2.24, 2.45) is 5.73 Å². The molecule has 10 heteroatoms. The van der Waals surface area contributed by atoms with Gasteiger partial charge in [0.1, 0.15) is 17.2 Å². The lowest BCUT2D eigenvalue weighted by Gasteiger charge is -2.41. The Bertz CT molecular complexity index is 637. The van der Waals surface area contributed by atoms with Crippen LogP contribution in [0.2, 0.25) is 0 Å². The number of esters is 1. The van der Waals surface area contributed by atoms with Crippen molar-refractivity contribution in [3.63, 3.8) is 0 Å². The molecule has 0 aromatic heterocycles. The first-order valence-electron chi connectivity index (χ1n) is 9.52. The van der Waals surface area contributed by atoms with E-state index >= 15 is 0 Å². The first kappa shape index (κ1) is 24.7. The number of carbonyl (C=O) groups excluding carboxylic acids is 4. The Balaban J connectivity index is 3.12. The first-order chi connectivity index (χ1) is 13.2. The summed E-state index contributed by atoms with van der Waals surface area (Å²) in [5.41, 5.74) is 3.91. The Morgan fingerprint density at radius 1 is 1.03 bits per heavy atom. The highest BCUT2D eigenvalue weighted by atomic mass is 16.6. The maximum Gasteiger partial charge on any atom is 0.417 e. The van der Waals surface area contributed by atoms with Crippen molar-refractivity contribution in [2.45, 2.75) is 77.7 Å². The minimum Gasteiger partial charge on any atom is -0.467 e. The van der Waals surface area contributed by atoms with Gasteiger partial charge in [-0.25, -0.2) is 19.3 Å². The number of rotatable bonds is 3. The standard InChI is InChI=1S/C19H33N3O7/c1-18(2,3)28-16(25)21-9-8-12(10-13(21)15(24)27-7)22(14(23)11-20)17(26)29-19(4,5)6/h12-13H,8-11,20H2,1-7H3/t12-,13-/m1/s1. The van der Waals surface area contributed by atoms with Gasteiger partial charge >= 0.3 is 18.2 Å². The normalized spacial score (nSPS) is 19.9. The summed E-state index contributed by atoms with van der Waals surface area (Å²) in [6, 6.07) is -1.69. The van der Waals surface area contributed by atoms with Crippen molar-refractivity contribution < 1.29 is 33.4 Å². The largest absolute Gasteiger partial charge is 0.467 e. The molecule has 3 amide bonds. The topological polar surface area (TPSA) is 128 Å². The van der Waals surface area contributed by atoms with Crippen molar-refractivity contribution in [1.29, 1.82) is 0 Å². The van der Waals surface area contributed by atoms with Crippen LogP contribution >= 0.6 is 0 Å². The lowest BCUT2D eigenvalue weighted by molar-refractivity contribution is -0.150. The molecule has 0 spiro atoms. The predicted octanol–water partition coefficient (Wildman–Crippen LogP) is 1.65. The summed E-state index contributed by atoms with van der Waals surface area (Å²) in [5, 5.41) is 0. The quantitative estimate of drug-likeness (QED) is 0.544. The van der Waals surface area contributed by atoms with E-state index in [0.717, 1.165) is 4.90 Å². The Hall–Kier alpha value is -2.36. The Labute approximate surface area is 171 Å². The smallest absolute Gasteiger partial charge is 0.417 e. The van der Waals surface area contributed by atoms with Gasteiger partial charge in [0.05, 0.1) is 13.7 Å². The summed E-state index contributed by atoms with van der Waals surface area (Å²) in [6.45, 7) is 9.89. The van der Waals surface area contributed by atoms with E-state index < -0.39 is 53.9 Å². The van der Waals surface area contributed by atoms with E-state index in [1.54, 1.807) is 41.5 Å². The molecular weight excluding hydrogens is 382 g/mol. The SMILES string of the molecule is COC(=O)[C@H]1C[C@H](N(C(=O)CN)C(=O)OC(C)(C)C)CCN1C(=O)OC(C)(C)C. The summed E-state index contributed by atoms with van der Waals surface area (Å²) >= 11 is 0. The second-order valence-electron chi connectivity index (χ2n) is 8.84. The molecule has 10 nitrogen and oxygen atoms in total. The zero-order valence-corrected chi connectivity index (χ0v) is 18.3. The number of imide groups is 1. The van der Waals surface area contributed by atoms with Crippen molar-refractivity contribution in [3.8, 4) is 0 Å². The molecule has 1 aliphatic heterocycles. The monoisotopic (exact) mass is 415 g/mol. The molecule has 0 unspecified atom stereocenters. The van der Waals surface area contributed by atoms with Crippen LogP contribution in [-0.2, 0) is 23.8 Å². The van der Waals surface area contributed by atoms with Crippen LogP contribution in [0.15, 0.2) is 0 Å². The third-order valence-electron chi connectivity index (χ3n) is 4.07. The van der Waals surface area contributed by atoms with Crippen LogP contribution in [0, 0.1) is 0 Å². The molecule has 166 valence electrons. The van der Waals surface area contributed by atoms with Crippen LogP contribution in [0.1, 0.15) is 54.4 Å². The summed E-state index contributed by atoms with van der Waals surface area (Å²) in [5.74, 6) is -1.29. The average Bonchev–Trinajstić information content (AvgIpc) is 2.57. The van der Waals surface area contributed by atoms with Crippen molar-refractivity contribution >= 4 is 24.1 Å². The minimum absolute atomic E-state index is 0.00308. The number of methoxy groups -OCH3 is 1. The van der Waals surface area contributed by atoms with Crippen molar-refractivity contribution in [1.82, 2.24) is 9.80 Å². The van der Waals surface area contributed by atoms with E-state index in [1.165, 1.54) is 12.0 Å². The molecule has 29 heavy (non-hydrogen) atoms. The fraction of sp³-hybridized carbons (Fsp3) is 0.789. The minimum atomic E-state index is -1.01. The molecule has 1 saturated heterocycles. The lowest BCUT2D eigenvalue weighted by atomic mass is 9.96. The highest BCUT2D eigenvalue weighted by Gasteiger charge is 2.43. The molecule has 0 saturated carbocycles. The Morgan fingerprint density at radius 2 is 1.59 bits per heavy atom. The van der Waals surface area contributed by atoms with Gasteiger partial charge < -0.3 is 19.9 Å². The van der Waals surface area contributed by atoms with E-state index in [2.05, 4.69) is 0 Å². The number of nitrogens with two attached hydrogens (primary N) is 1. The Kier molecular flexibility index (Phi) is 8.02. The molecule has 2 N–H and O–H groups in total. The number of amides is 3. The van der Waals surface area contributed by atoms with E-state index in [-0.39, 0.29) is 19.4 Å². The average molecular weight is 415 g/mol. The maximum absolute atomic E-state index is 12.6. The van der Waals surface area contributed by atoms with E-state index in [0.29, 0.717) is 0 Å². The molecular formula is C19H33N3O7. The summed E-state index contributed by atoms with van der Waals surface area (Å²) < 4.78 is 15.5. The summed E-state index contributed by atoms with van der Waals surface area (Å²) in [6.07, 6.45) is -1.26. The number of carbonyl (C=O) groups is 4. The number of hydrogen-bond donors (Lipinski definition) is 1. The van der Waals surface area contributed by atoms with Crippen LogP contribution in [0.3, 0.4) is 0 Å². The van der Waals surface area contributed by atoms with Crippen LogP contribution in [0.25, 0.3) is 0 Å². The van der Waals surface area contributed by atoms with Gasteiger partial charge in [0.15, 0.2) is 0 Å². The molecule has 0 aromatic carbocycles. The highest BCUT2D eigenvalue weighted by Crippen LogP contribution is 2.26. The van der Waals surface area contributed by atoms with Crippen LogP contribution < -0.4 is 5.73 Å². The van der Waals surface area contributed by atoms with E-state index in [1.807, 2.05) is 0 Å². The number of ether oxygens (including phenoxy) is 3. The molecule has 0 aliphatic carbocycles. The zero-order chi connectivity index (χ0) is 22.6. The maximum atomic E-state index is 12.6. The van der Waals surface area contributed by atoms with Crippen LogP contribution in [0.4, 0.5) is 9.59 Å². The van der Waals surface area contributed by atoms with Gasteiger partial charge in [0.25, 0.3) is 0 Å². The summed E-state index contributed by atoms with van der Waals surface area (Å²) in [7, 11) is 1.20. The first-order valence-corrected chi connectivity index (χ1v) is 9.52. The lowest BCUT2D eigenvalue weighted by Crippen LogP contribution is -2.59. The predicted molar refractivity (Wildman–Crippen MR) is 104 cm³/mol. The number of piperidine rings is 1. The third-order valence-corrected chi connectivity index (χ3v) is 4.07. The number of likely N-dealkylation sites (tertiary alicyclic amines) is 1. The molecule has 0 aromatic rings. The van der Waals surface area contributed by atoms with Gasteiger partial charge in [-0.05, 0) is 54.4 Å². The second kappa shape index (κ2) is 9.43. The van der Waals surface area contributed by atoms with Gasteiger partial charge in [-0.3, -0.25) is 9.69 Å². The summed E-state index contributed by atoms with van der Waals surface area (Å²) in [4.78, 5) is 52.0. The van der Waals surface area contributed by atoms with Crippen molar-refractivity contribution in [2.75, 3.05) is 20.2 Å². The highest BCUT2D eigenvalue weighted by molar-refractivity contribution is 5.93. The van der Waals surface area contributed by atoms with Gasteiger partial charge in [-0.2, -0.15) is 0 Å². The fourth-order valence-corrected chi connectivity index (χ4v) is 2.94. The fourth-order valence-electron chi connectivity index (χ4n) is 2.94. The Morgan fingerprint density at radius 3 is 2.03 bits per heavy atom. The number of nitrogens with zero attached hydrogens (tertiary/aromatic N) is 2.